The van der Waals surface area contributed by atoms with Gasteiger partial charge in [-0.15, -0.1) is 0 Å². The number of urea groups is 2. The minimum atomic E-state index is -1.04. The van der Waals surface area contributed by atoms with Crippen molar-refractivity contribution >= 4 is 12.1 Å². The van der Waals surface area contributed by atoms with Crippen LogP contribution < -0.4 is 10.6 Å². The Balaban J connectivity index is 1.22. The summed E-state index contributed by atoms with van der Waals surface area (Å²) in [5.74, 6) is -1.54. The summed E-state index contributed by atoms with van der Waals surface area (Å²) < 4.78 is 32.7. The Hall–Kier alpha value is -3.37. The number of hydrogen-bond acceptors (Lipinski definition) is 5. The number of nitrogens with zero attached hydrogens (tertiary/aromatic N) is 3. The van der Waals surface area contributed by atoms with Crippen LogP contribution in [0.2, 0.25) is 0 Å². The lowest BCUT2D eigenvalue weighted by atomic mass is 9.83. The van der Waals surface area contributed by atoms with Crippen LogP contribution in [-0.4, -0.2) is 65.7 Å². The third-order valence-electron chi connectivity index (χ3n) is 7.79. The van der Waals surface area contributed by atoms with Crippen molar-refractivity contribution in [3.05, 3.63) is 77.3 Å². The van der Waals surface area contributed by atoms with Gasteiger partial charge in [0, 0.05) is 55.8 Å². The van der Waals surface area contributed by atoms with Crippen molar-refractivity contribution in [2.75, 3.05) is 26.8 Å². The molecule has 10 heteroatoms. The quantitative estimate of drug-likeness (QED) is 0.582. The topological polar surface area (TPSA) is 86.8 Å². The monoisotopic (exact) mass is 525 g/mol. The van der Waals surface area contributed by atoms with Gasteiger partial charge in [0.25, 0.3) is 0 Å². The van der Waals surface area contributed by atoms with Crippen molar-refractivity contribution < 1.29 is 23.1 Å². The van der Waals surface area contributed by atoms with E-state index in [1.807, 2.05) is 18.3 Å². The van der Waals surface area contributed by atoms with E-state index in [2.05, 4.69) is 26.6 Å². The maximum Gasteiger partial charge on any atom is 0.330 e. The van der Waals surface area contributed by atoms with E-state index < -0.39 is 29.7 Å². The second-order valence-corrected chi connectivity index (χ2v) is 10.2. The van der Waals surface area contributed by atoms with Crippen molar-refractivity contribution in [1.82, 2.24) is 25.4 Å². The molecule has 1 aliphatic carbocycles. The third-order valence-corrected chi connectivity index (χ3v) is 7.79. The van der Waals surface area contributed by atoms with Crippen LogP contribution in [0.1, 0.15) is 55.3 Å². The van der Waals surface area contributed by atoms with E-state index >= 15 is 0 Å². The number of halogens is 2. The van der Waals surface area contributed by atoms with Crippen molar-refractivity contribution in [2.24, 2.45) is 0 Å². The van der Waals surface area contributed by atoms with Gasteiger partial charge in [-0.25, -0.2) is 23.3 Å². The van der Waals surface area contributed by atoms with Crippen LogP contribution in [0.15, 0.2) is 54.4 Å². The van der Waals surface area contributed by atoms with Gasteiger partial charge in [-0.3, -0.25) is 9.88 Å². The first-order valence-electron chi connectivity index (χ1n) is 13.1. The van der Waals surface area contributed by atoms with Gasteiger partial charge in [0.15, 0.2) is 11.6 Å². The molecule has 202 valence electrons. The second-order valence-electron chi connectivity index (χ2n) is 10.2. The normalized spacial score (nSPS) is 26.1. The molecule has 0 spiro atoms. The number of imide groups is 1. The van der Waals surface area contributed by atoms with Crippen LogP contribution in [-0.2, 0) is 4.74 Å². The zero-order chi connectivity index (χ0) is 26.6. The van der Waals surface area contributed by atoms with Crippen molar-refractivity contribution in [3.8, 4) is 0 Å². The standard InChI is InChI=1S/C28H33F2N5O3/c1-38-17-21-15-26(19-7-10-23(29)24(30)14-19)35(28(37)33-21)27(36)32-20-11-13-34(16-20)22-8-5-18(6-9-22)25-4-2-3-12-31-25/h2-4,7,10,12,14-15,18,20,22,26H,5-6,8-9,11,13,16-17H2,1H3,(H,32,36)(H,33,37). The average molecular weight is 526 g/mol. The number of benzene rings is 1. The van der Waals surface area contributed by atoms with E-state index in [-0.39, 0.29) is 12.6 Å². The second kappa shape index (κ2) is 11.6. The molecule has 8 nitrogen and oxygen atoms in total. The minimum absolute atomic E-state index is 0.112. The van der Waals surface area contributed by atoms with Gasteiger partial charge in [-0.2, -0.15) is 0 Å². The molecular weight excluding hydrogens is 492 g/mol. The Labute approximate surface area is 221 Å². The summed E-state index contributed by atoms with van der Waals surface area (Å²) in [6.07, 6.45) is 8.61. The Bertz CT molecular complexity index is 1190. The summed E-state index contributed by atoms with van der Waals surface area (Å²) in [5.41, 5.74) is 1.90. The van der Waals surface area contributed by atoms with Crippen molar-refractivity contribution in [1.29, 1.82) is 0 Å². The molecule has 2 unspecified atom stereocenters. The number of aromatic nitrogens is 1. The molecule has 2 aromatic rings. The van der Waals surface area contributed by atoms with Crippen LogP contribution in [0.25, 0.3) is 0 Å². The smallest absolute Gasteiger partial charge is 0.330 e. The molecular formula is C28H33F2N5O3. The highest BCUT2D eigenvalue weighted by Gasteiger charge is 2.38. The minimum Gasteiger partial charge on any atom is -0.378 e. The summed E-state index contributed by atoms with van der Waals surface area (Å²) in [7, 11) is 1.48. The molecule has 1 saturated heterocycles. The van der Waals surface area contributed by atoms with Gasteiger partial charge in [-0.1, -0.05) is 12.1 Å². The van der Waals surface area contributed by atoms with Gasteiger partial charge < -0.3 is 15.4 Å². The van der Waals surface area contributed by atoms with Crippen molar-refractivity contribution in [2.45, 2.75) is 56.1 Å². The van der Waals surface area contributed by atoms with Gasteiger partial charge >= 0.3 is 12.1 Å². The number of hydrogen-bond donors (Lipinski definition) is 2. The summed E-state index contributed by atoms with van der Waals surface area (Å²) in [6, 6.07) is 7.70. The third kappa shape index (κ3) is 5.71. The molecule has 1 aromatic heterocycles. The Morgan fingerprint density at radius 2 is 1.95 bits per heavy atom. The highest BCUT2D eigenvalue weighted by atomic mass is 19.2. The summed E-state index contributed by atoms with van der Waals surface area (Å²) >= 11 is 0. The summed E-state index contributed by atoms with van der Waals surface area (Å²) in [6.45, 7) is 1.70. The van der Waals surface area contributed by atoms with Gasteiger partial charge in [0.2, 0.25) is 0 Å². The fourth-order valence-electron chi connectivity index (χ4n) is 5.87. The van der Waals surface area contributed by atoms with Crippen molar-refractivity contribution in [3.63, 3.8) is 0 Å². The molecule has 38 heavy (non-hydrogen) atoms. The highest BCUT2D eigenvalue weighted by Crippen LogP contribution is 2.35. The van der Waals surface area contributed by atoms with Crippen LogP contribution in [0.3, 0.4) is 0 Å². The molecule has 1 aromatic carbocycles. The maximum absolute atomic E-state index is 14.0. The van der Waals surface area contributed by atoms with Gasteiger partial charge in [0.1, 0.15) is 0 Å². The molecule has 1 saturated carbocycles. The van der Waals surface area contributed by atoms with E-state index in [1.165, 1.54) is 13.2 Å². The number of carbonyl (C=O) groups excluding carboxylic acids is 2. The number of pyridine rings is 1. The largest absolute Gasteiger partial charge is 0.378 e. The van der Waals surface area contributed by atoms with E-state index in [1.54, 1.807) is 6.08 Å². The molecule has 2 N–H and O–H groups in total. The number of nitrogens with one attached hydrogen (secondary N) is 2. The Kier molecular flexibility index (Phi) is 7.99. The van der Waals surface area contributed by atoms with E-state index in [9.17, 15) is 18.4 Å². The fraction of sp³-hybridized carbons (Fsp3) is 0.464. The molecule has 3 heterocycles. The SMILES string of the molecule is COCC1=CC(c2ccc(F)c(F)c2)N(C(=O)NC2CCN(C3CCC(c4ccccn4)CC3)C2)C(=O)N1. The first-order valence-corrected chi connectivity index (χ1v) is 13.1. The number of methoxy groups -OCH3 is 1. The number of carbonyl (C=O) groups is 2. The fourth-order valence-corrected chi connectivity index (χ4v) is 5.87. The van der Waals surface area contributed by atoms with E-state index in [0.29, 0.717) is 29.8 Å². The lowest BCUT2D eigenvalue weighted by molar-refractivity contribution is 0.162. The predicted molar refractivity (Wildman–Crippen MR) is 137 cm³/mol. The molecule has 4 amide bonds. The van der Waals surface area contributed by atoms with Crippen LogP contribution in [0.4, 0.5) is 18.4 Å². The Morgan fingerprint density at radius 3 is 2.66 bits per heavy atom. The maximum atomic E-state index is 14.0. The van der Waals surface area contributed by atoms with E-state index in [4.69, 9.17) is 4.74 Å². The van der Waals surface area contributed by atoms with Crippen LogP contribution >= 0.6 is 0 Å². The molecule has 2 atom stereocenters. The van der Waals surface area contributed by atoms with E-state index in [0.717, 1.165) is 61.4 Å². The lowest BCUT2D eigenvalue weighted by Gasteiger charge is -2.35. The zero-order valence-electron chi connectivity index (χ0n) is 21.4. The highest BCUT2D eigenvalue weighted by molar-refractivity contribution is 5.96. The molecule has 0 bridgehead atoms. The molecule has 3 aliphatic rings. The number of ether oxygens (including phenoxy) is 1. The molecule has 5 rings (SSSR count). The number of rotatable bonds is 6. The summed E-state index contributed by atoms with van der Waals surface area (Å²) in [5, 5.41) is 5.66. The molecule has 2 aliphatic heterocycles. The Morgan fingerprint density at radius 1 is 1.13 bits per heavy atom. The number of likely N-dealkylation sites (tertiary alicyclic amines) is 1. The van der Waals surface area contributed by atoms with Crippen LogP contribution in [0.5, 0.6) is 0 Å². The zero-order valence-corrected chi connectivity index (χ0v) is 21.4. The average Bonchev–Trinajstić information content (AvgIpc) is 3.39. The lowest BCUT2D eigenvalue weighted by Crippen LogP contribution is -2.54. The van der Waals surface area contributed by atoms with Gasteiger partial charge in [-0.05, 0) is 68.0 Å². The molecule has 0 radical (unpaired) electrons. The first-order chi connectivity index (χ1) is 18.4. The van der Waals surface area contributed by atoms with Crippen LogP contribution in [0, 0.1) is 11.6 Å². The molecule has 2 fully saturated rings. The summed E-state index contributed by atoms with van der Waals surface area (Å²) in [4.78, 5) is 34.3. The number of amides is 4. The van der Waals surface area contributed by atoms with Gasteiger partial charge in [0.05, 0.1) is 12.6 Å². The predicted octanol–water partition coefficient (Wildman–Crippen LogP) is 4.47. The first kappa shape index (κ1) is 26.2.